The average Bonchev–Trinajstić information content (AvgIpc) is 3.16. The molecule has 7 heteroatoms. The maximum Gasteiger partial charge on any atom is 0.259 e. The molecular formula is C16H11N5OS. The van der Waals surface area contributed by atoms with E-state index in [2.05, 4.69) is 20.4 Å². The number of hydrogen-bond acceptors (Lipinski definition) is 5. The highest BCUT2D eigenvalue weighted by molar-refractivity contribution is 7.15. The summed E-state index contributed by atoms with van der Waals surface area (Å²) in [4.78, 5) is 21.1. The largest absolute Gasteiger partial charge is 0.289 e. The second-order valence-electron chi connectivity index (χ2n) is 4.81. The molecule has 0 bridgehead atoms. The van der Waals surface area contributed by atoms with Gasteiger partial charge < -0.3 is 0 Å². The van der Waals surface area contributed by atoms with Crippen molar-refractivity contribution in [2.45, 2.75) is 0 Å². The van der Waals surface area contributed by atoms with Crippen LogP contribution in [-0.4, -0.2) is 25.5 Å². The van der Waals surface area contributed by atoms with Crippen molar-refractivity contribution in [3.63, 3.8) is 0 Å². The quantitative estimate of drug-likeness (QED) is 0.629. The molecule has 0 saturated carbocycles. The maximum atomic E-state index is 12.1. The Bertz CT molecular complexity index is 962. The van der Waals surface area contributed by atoms with Crippen molar-refractivity contribution in [1.29, 1.82) is 0 Å². The van der Waals surface area contributed by atoms with E-state index >= 15 is 0 Å². The van der Waals surface area contributed by atoms with Gasteiger partial charge in [-0.25, -0.2) is 4.52 Å². The summed E-state index contributed by atoms with van der Waals surface area (Å²) in [6.45, 7) is 0. The molecule has 1 amide bonds. The molecule has 0 aliphatic carbocycles. The molecule has 0 fully saturated rings. The number of benzene rings is 1. The van der Waals surface area contributed by atoms with E-state index in [0.717, 1.165) is 16.2 Å². The Hall–Kier alpha value is -3.06. The Balaban J connectivity index is 1.65. The highest BCUT2D eigenvalue weighted by atomic mass is 32.1. The number of hydrogen-bond donors (Lipinski definition) is 1. The van der Waals surface area contributed by atoms with Crippen molar-refractivity contribution in [1.82, 2.24) is 19.6 Å². The Labute approximate surface area is 135 Å². The number of carbonyl (C=O) groups is 1. The molecule has 0 radical (unpaired) electrons. The summed E-state index contributed by atoms with van der Waals surface area (Å²) in [6, 6.07) is 13.3. The van der Waals surface area contributed by atoms with E-state index in [-0.39, 0.29) is 11.9 Å². The molecule has 0 aliphatic rings. The molecule has 0 atom stereocenters. The molecule has 0 aliphatic heterocycles. The van der Waals surface area contributed by atoms with Gasteiger partial charge in [-0.2, -0.15) is 4.98 Å². The van der Waals surface area contributed by atoms with E-state index in [1.165, 1.54) is 17.5 Å². The Morgan fingerprint density at radius 3 is 2.78 bits per heavy atom. The number of nitrogens with zero attached hydrogens (tertiary/aromatic N) is 4. The van der Waals surface area contributed by atoms with Crippen LogP contribution in [0.3, 0.4) is 0 Å². The standard InChI is InChI=1S/C16H11N5OS/c22-14(12-7-4-8-17-9-12)18-15-19-16-21(20-15)13(10-23-16)11-5-2-1-3-6-11/h1-10H,(H,18,20,22). The molecule has 23 heavy (non-hydrogen) atoms. The average molecular weight is 321 g/mol. The molecule has 3 heterocycles. The molecule has 4 rings (SSSR count). The molecule has 0 spiro atoms. The minimum absolute atomic E-state index is 0.280. The first-order valence-corrected chi connectivity index (χ1v) is 7.80. The van der Waals surface area contributed by atoms with Gasteiger partial charge in [0.25, 0.3) is 11.9 Å². The monoisotopic (exact) mass is 321 g/mol. The summed E-state index contributed by atoms with van der Waals surface area (Å²) in [5.41, 5.74) is 2.46. The highest BCUT2D eigenvalue weighted by Crippen LogP contribution is 2.25. The molecule has 3 aromatic heterocycles. The predicted molar refractivity (Wildman–Crippen MR) is 88.5 cm³/mol. The summed E-state index contributed by atoms with van der Waals surface area (Å²) >= 11 is 1.48. The number of rotatable bonds is 3. The lowest BCUT2D eigenvalue weighted by Crippen LogP contribution is -2.13. The fraction of sp³-hybridized carbons (Fsp3) is 0. The van der Waals surface area contributed by atoms with E-state index in [4.69, 9.17) is 0 Å². The van der Waals surface area contributed by atoms with Crippen LogP contribution in [0, 0.1) is 0 Å². The second-order valence-corrected chi connectivity index (χ2v) is 5.65. The Kier molecular flexibility index (Phi) is 3.32. The first-order valence-electron chi connectivity index (χ1n) is 6.92. The lowest BCUT2D eigenvalue weighted by atomic mass is 10.2. The topological polar surface area (TPSA) is 72.2 Å². The lowest BCUT2D eigenvalue weighted by Gasteiger charge is -2.00. The van der Waals surface area contributed by atoms with Crippen LogP contribution in [0.1, 0.15) is 10.4 Å². The Morgan fingerprint density at radius 1 is 1.13 bits per heavy atom. The predicted octanol–water partition coefficient (Wildman–Crippen LogP) is 3.11. The summed E-state index contributed by atoms with van der Waals surface area (Å²) in [5, 5.41) is 9.07. The van der Waals surface area contributed by atoms with Crippen LogP contribution in [0.25, 0.3) is 16.2 Å². The van der Waals surface area contributed by atoms with Gasteiger partial charge in [0.15, 0.2) is 0 Å². The van der Waals surface area contributed by atoms with E-state index in [9.17, 15) is 4.79 Å². The van der Waals surface area contributed by atoms with Crippen molar-refractivity contribution >= 4 is 28.2 Å². The van der Waals surface area contributed by atoms with Crippen molar-refractivity contribution in [2.75, 3.05) is 5.32 Å². The van der Waals surface area contributed by atoms with Gasteiger partial charge >= 0.3 is 0 Å². The third kappa shape index (κ3) is 2.58. The van der Waals surface area contributed by atoms with Crippen molar-refractivity contribution in [3.8, 4) is 11.3 Å². The van der Waals surface area contributed by atoms with Gasteiger partial charge in [-0.3, -0.25) is 15.1 Å². The van der Waals surface area contributed by atoms with Gasteiger partial charge in [-0.05, 0) is 12.1 Å². The zero-order chi connectivity index (χ0) is 15.6. The first-order chi connectivity index (χ1) is 11.3. The normalized spacial score (nSPS) is 10.8. The molecular weight excluding hydrogens is 310 g/mol. The van der Waals surface area contributed by atoms with Crippen LogP contribution in [-0.2, 0) is 0 Å². The van der Waals surface area contributed by atoms with Gasteiger partial charge in [0, 0.05) is 23.3 Å². The smallest absolute Gasteiger partial charge is 0.259 e. The van der Waals surface area contributed by atoms with Crippen LogP contribution >= 0.6 is 11.3 Å². The van der Waals surface area contributed by atoms with Crippen LogP contribution < -0.4 is 5.32 Å². The SMILES string of the molecule is O=C(Nc1nc2scc(-c3ccccc3)n2n1)c1cccnc1. The zero-order valence-corrected chi connectivity index (χ0v) is 12.7. The van der Waals surface area contributed by atoms with E-state index in [0.29, 0.717) is 5.56 Å². The molecule has 4 aromatic rings. The van der Waals surface area contributed by atoms with Gasteiger partial charge in [0.1, 0.15) is 0 Å². The molecule has 1 aromatic carbocycles. The fourth-order valence-electron chi connectivity index (χ4n) is 2.21. The summed E-state index contributed by atoms with van der Waals surface area (Å²) in [7, 11) is 0. The van der Waals surface area contributed by atoms with Crippen molar-refractivity contribution in [3.05, 3.63) is 65.8 Å². The van der Waals surface area contributed by atoms with Gasteiger partial charge in [0.2, 0.25) is 4.96 Å². The zero-order valence-electron chi connectivity index (χ0n) is 11.9. The van der Waals surface area contributed by atoms with Crippen LogP contribution in [0.4, 0.5) is 5.95 Å². The first kappa shape index (κ1) is 13.6. The summed E-state index contributed by atoms with van der Waals surface area (Å²) < 4.78 is 1.73. The van der Waals surface area contributed by atoms with E-state index in [1.54, 1.807) is 22.8 Å². The summed E-state index contributed by atoms with van der Waals surface area (Å²) in [5.74, 6) is 0.000461. The third-order valence-corrected chi connectivity index (χ3v) is 4.12. The number of carbonyl (C=O) groups excluding carboxylic acids is 1. The van der Waals surface area contributed by atoms with Crippen LogP contribution in [0.2, 0.25) is 0 Å². The summed E-state index contributed by atoms with van der Waals surface area (Å²) in [6.07, 6.45) is 3.12. The fourth-order valence-corrected chi connectivity index (χ4v) is 3.04. The van der Waals surface area contributed by atoms with Crippen LogP contribution in [0.15, 0.2) is 60.2 Å². The minimum Gasteiger partial charge on any atom is -0.289 e. The number of amides is 1. The maximum absolute atomic E-state index is 12.1. The molecule has 6 nitrogen and oxygen atoms in total. The molecule has 0 saturated heterocycles. The number of anilines is 1. The number of nitrogens with one attached hydrogen (secondary N) is 1. The highest BCUT2D eigenvalue weighted by Gasteiger charge is 2.14. The van der Waals surface area contributed by atoms with E-state index in [1.807, 2.05) is 35.7 Å². The van der Waals surface area contributed by atoms with Crippen molar-refractivity contribution < 1.29 is 4.79 Å². The third-order valence-electron chi connectivity index (χ3n) is 3.30. The number of aromatic nitrogens is 4. The van der Waals surface area contributed by atoms with Gasteiger partial charge in [-0.1, -0.05) is 30.3 Å². The van der Waals surface area contributed by atoms with E-state index < -0.39 is 0 Å². The second kappa shape index (κ2) is 5.62. The minimum atomic E-state index is -0.280. The molecule has 1 N–H and O–H groups in total. The van der Waals surface area contributed by atoms with Crippen molar-refractivity contribution in [2.24, 2.45) is 0 Å². The number of fused-ring (bicyclic) bond motifs is 1. The number of thiazole rings is 1. The number of pyridine rings is 1. The van der Waals surface area contributed by atoms with Crippen LogP contribution in [0.5, 0.6) is 0 Å². The Morgan fingerprint density at radius 2 is 2.00 bits per heavy atom. The molecule has 112 valence electrons. The molecule has 0 unspecified atom stereocenters. The van der Waals surface area contributed by atoms with Gasteiger partial charge in [-0.15, -0.1) is 16.4 Å². The van der Waals surface area contributed by atoms with Gasteiger partial charge in [0.05, 0.1) is 11.3 Å². The lowest BCUT2D eigenvalue weighted by molar-refractivity contribution is 0.102.